The van der Waals surface area contributed by atoms with Crippen LogP contribution >= 0.6 is 11.6 Å². The van der Waals surface area contributed by atoms with E-state index in [4.69, 9.17) is 11.6 Å². The molecule has 0 aliphatic rings. The first kappa shape index (κ1) is 15.9. The normalized spacial score (nSPS) is 11.9. The third kappa shape index (κ3) is 3.52. The van der Waals surface area contributed by atoms with Gasteiger partial charge in [0, 0.05) is 25.4 Å². The maximum atomic E-state index is 13.0. The van der Waals surface area contributed by atoms with Crippen molar-refractivity contribution in [2.45, 2.75) is 11.3 Å². The molecule has 0 amide bonds. The van der Waals surface area contributed by atoms with Crippen molar-refractivity contribution in [3.63, 3.8) is 0 Å². The second kappa shape index (κ2) is 6.27. The van der Waals surface area contributed by atoms with E-state index in [9.17, 15) is 12.8 Å². The second-order valence-corrected chi connectivity index (χ2v) is 7.06. The van der Waals surface area contributed by atoms with Crippen molar-refractivity contribution in [3.8, 4) is 0 Å². The van der Waals surface area contributed by atoms with E-state index in [0.29, 0.717) is 6.42 Å². The Balaban J connectivity index is 1.69. The van der Waals surface area contributed by atoms with Crippen molar-refractivity contribution in [1.82, 2.24) is 14.1 Å². The van der Waals surface area contributed by atoms with E-state index in [2.05, 4.69) is 9.71 Å². The van der Waals surface area contributed by atoms with Crippen molar-refractivity contribution >= 4 is 27.3 Å². The smallest absolute Gasteiger partial charge is 0.242 e. The van der Waals surface area contributed by atoms with Gasteiger partial charge in [-0.3, -0.25) is 0 Å². The van der Waals surface area contributed by atoms with Gasteiger partial charge in [-0.15, -0.1) is 0 Å². The Bertz CT molecular complexity index is 923. The lowest BCUT2D eigenvalue weighted by molar-refractivity contribution is 0.580. The summed E-state index contributed by atoms with van der Waals surface area (Å²) < 4.78 is 41.7. The summed E-state index contributed by atoms with van der Waals surface area (Å²) in [7, 11) is -3.79. The van der Waals surface area contributed by atoms with Gasteiger partial charge in [-0.05, 0) is 30.3 Å². The van der Waals surface area contributed by atoms with Gasteiger partial charge in [0.2, 0.25) is 10.0 Å². The molecule has 0 aliphatic carbocycles. The summed E-state index contributed by atoms with van der Waals surface area (Å²) in [6.07, 6.45) is 4.14. The Morgan fingerprint density at radius 2 is 2.09 bits per heavy atom. The molecule has 0 radical (unpaired) electrons. The number of fused-ring (bicyclic) bond motifs is 1. The first-order chi connectivity index (χ1) is 11.0. The fourth-order valence-corrected chi connectivity index (χ4v) is 3.75. The molecule has 23 heavy (non-hydrogen) atoms. The summed E-state index contributed by atoms with van der Waals surface area (Å²) in [5.74, 6) is -0.585. The van der Waals surface area contributed by atoms with Gasteiger partial charge >= 0.3 is 0 Å². The highest BCUT2D eigenvalue weighted by atomic mass is 35.5. The van der Waals surface area contributed by atoms with Crippen LogP contribution in [0.5, 0.6) is 0 Å². The quantitative estimate of drug-likeness (QED) is 0.767. The average molecular weight is 354 g/mol. The minimum absolute atomic E-state index is 0.143. The van der Waals surface area contributed by atoms with Crippen molar-refractivity contribution in [2.24, 2.45) is 0 Å². The summed E-state index contributed by atoms with van der Waals surface area (Å²) in [6, 6.07) is 8.81. The van der Waals surface area contributed by atoms with Gasteiger partial charge < -0.3 is 4.40 Å². The lowest BCUT2D eigenvalue weighted by Crippen LogP contribution is -2.26. The van der Waals surface area contributed by atoms with Crippen molar-refractivity contribution in [2.75, 3.05) is 6.54 Å². The number of nitrogens with zero attached hydrogens (tertiary/aromatic N) is 2. The van der Waals surface area contributed by atoms with Crippen molar-refractivity contribution in [1.29, 1.82) is 0 Å². The Morgan fingerprint density at radius 3 is 2.83 bits per heavy atom. The number of pyridine rings is 1. The molecule has 0 saturated carbocycles. The van der Waals surface area contributed by atoms with Crippen LogP contribution in [0.3, 0.4) is 0 Å². The SMILES string of the molecule is O=S(=O)(NCCc1cn2ccccc2n1)c1ccc(F)cc1Cl. The van der Waals surface area contributed by atoms with Gasteiger partial charge in [-0.2, -0.15) is 0 Å². The van der Waals surface area contributed by atoms with Crippen LogP contribution in [0.4, 0.5) is 4.39 Å². The van der Waals surface area contributed by atoms with Gasteiger partial charge in [0.15, 0.2) is 0 Å². The minimum atomic E-state index is -3.79. The molecule has 1 N–H and O–H groups in total. The number of hydrogen-bond donors (Lipinski definition) is 1. The third-order valence-electron chi connectivity index (χ3n) is 3.27. The highest BCUT2D eigenvalue weighted by Gasteiger charge is 2.18. The predicted octanol–water partition coefficient (Wildman–Crippen LogP) is 2.65. The van der Waals surface area contributed by atoms with Crippen LogP contribution in [0, 0.1) is 5.82 Å². The van der Waals surface area contributed by atoms with Crippen LogP contribution < -0.4 is 4.72 Å². The number of hydrogen-bond acceptors (Lipinski definition) is 3. The fraction of sp³-hybridized carbons (Fsp3) is 0.133. The molecule has 5 nitrogen and oxygen atoms in total. The van der Waals surface area contributed by atoms with Crippen LogP contribution in [0.2, 0.25) is 5.02 Å². The molecule has 0 unspecified atom stereocenters. The summed E-state index contributed by atoms with van der Waals surface area (Å²) >= 11 is 5.79. The van der Waals surface area contributed by atoms with Gasteiger partial charge in [-0.1, -0.05) is 17.7 Å². The van der Waals surface area contributed by atoms with E-state index < -0.39 is 15.8 Å². The van der Waals surface area contributed by atoms with Crippen LogP contribution in [0.25, 0.3) is 5.65 Å². The third-order valence-corrected chi connectivity index (χ3v) is 5.21. The molecular weight excluding hydrogens is 341 g/mol. The highest BCUT2D eigenvalue weighted by Crippen LogP contribution is 2.21. The average Bonchev–Trinajstić information content (AvgIpc) is 2.89. The fourth-order valence-electron chi connectivity index (χ4n) is 2.19. The number of imidazole rings is 1. The molecule has 0 aliphatic heterocycles. The lowest BCUT2D eigenvalue weighted by Gasteiger charge is -2.07. The first-order valence-corrected chi connectivity index (χ1v) is 8.69. The van der Waals surface area contributed by atoms with Gasteiger partial charge in [-0.25, -0.2) is 22.5 Å². The van der Waals surface area contributed by atoms with E-state index in [1.165, 1.54) is 0 Å². The standard InChI is InChI=1S/C15H13ClFN3O2S/c16-13-9-11(17)4-5-14(13)23(21,22)18-7-6-12-10-20-8-2-1-3-15(20)19-12/h1-5,8-10,18H,6-7H2. The molecule has 2 aromatic heterocycles. The maximum Gasteiger partial charge on any atom is 0.242 e. The number of sulfonamides is 1. The largest absolute Gasteiger partial charge is 0.307 e. The molecule has 0 atom stereocenters. The summed E-state index contributed by atoms with van der Waals surface area (Å²) in [4.78, 5) is 4.24. The lowest BCUT2D eigenvalue weighted by atomic mass is 10.3. The Labute approximate surface area is 137 Å². The molecular formula is C15H13ClFN3O2S. The summed E-state index contributed by atoms with van der Waals surface area (Å²) in [6.45, 7) is 0.167. The van der Waals surface area contributed by atoms with Crippen LogP contribution in [0.15, 0.2) is 53.7 Å². The molecule has 3 aromatic rings. The molecule has 3 rings (SSSR count). The number of aromatic nitrogens is 2. The second-order valence-electron chi connectivity index (χ2n) is 4.92. The number of rotatable bonds is 5. The maximum absolute atomic E-state index is 13.0. The highest BCUT2D eigenvalue weighted by molar-refractivity contribution is 7.89. The van der Waals surface area contributed by atoms with Gasteiger partial charge in [0.1, 0.15) is 16.4 Å². The first-order valence-electron chi connectivity index (χ1n) is 6.83. The summed E-state index contributed by atoms with van der Waals surface area (Å²) in [5.41, 5.74) is 1.57. The Morgan fingerprint density at radius 1 is 1.26 bits per heavy atom. The van der Waals surface area contributed by atoms with Crippen molar-refractivity contribution < 1.29 is 12.8 Å². The zero-order valence-electron chi connectivity index (χ0n) is 11.9. The molecule has 0 bridgehead atoms. The molecule has 8 heteroatoms. The number of halogens is 2. The van der Waals surface area contributed by atoms with E-state index in [-0.39, 0.29) is 16.5 Å². The van der Waals surface area contributed by atoms with E-state index in [1.54, 1.807) is 0 Å². The van der Waals surface area contributed by atoms with Gasteiger partial charge in [0.05, 0.1) is 10.7 Å². The molecule has 1 aromatic carbocycles. The summed E-state index contributed by atoms with van der Waals surface area (Å²) in [5, 5.41) is -0.148. The molecule has 0 fully saturated rings. The van der Waals surface area contributed by atoms with Gasteiger partial charge in [0.25, 0.3) is 0 Å². The minimum Gasteiger partial charge on any atom is -0.307 e. The number of benzene rings is 1. The Hall–Kier alpha value is -1.96. The van der Waals surface area contributed by atoms with Crippen LogP contribution in [0.1, 0.15) is 5.69 Å². The number of nitrogens with one attached hydrogen (secondary N) is 1. The predicted molar refractivity (Wildman–Crippen MR) is 85.5 cm³/mol. The van der Waals surface area contributed by atoms with Crippen LogP contribution in [-0.2, 0) is 16.4 Å². The molecule has 0 spiro atoms. The van der Waals surface area contributed by atoms with Crippen LogP contribution in [-0.4, -0.2) is 24.3 Å². The monoisotopic (exact) mass is 353 g/mol. The van der Waals surface area contributed by atoms with E-state index >= 15 is 0 Å². The van der Waals surface area contributed by atoms with E-state index in [0.717, 1.165) is 29.5 Å². The molecule has 120 valence electrons. The zero-order chi connectivity index (χ0) is 16.4. The molecule has 2 heterocycles. The molecule has 0 saturated heterocycles. The van der Waals surface area contributed by atoms with Crippen molar-refractivity contribution in [3.05, 3.63) is 65.3 Å². The van der Waals surface area contributed by atoms with E-state index in [1.807, 2.05) is 35.0 Å². The Kier molecular flexibility index (Phi) is 4.34. The topological polar surface area (TPSA) is 63.5 Å². The zero-order valence-corrected chi connectivity index (χ0v) is 13.5.